The topological polar surface area (TPSA) is 55.8 Å². The van der Waals surface area contributed by atoms with Crippen LogP contribution in [0.5, 0.6) is 11.5 Å². The number of halogens is 5. The van der Waals surface area contributed by atoms with Crippen molar-refractivity contribution in [2.45, 2.75) is 18.4 Å². The van der Waals surface area contributed by atoms with E-state index in [0.29, 0.717) is 5.57 Å². The van der Waals surface area contributed by atoms with E-state index in [9.17, 15) is 21.6 Å². The van der Waals surface area contributed by atoms with E-state index in [1.165, 1.54) is 54.6 Å². The van der Waals surface area contributed by atoms with E-state index in [2.05, 4.69) is 4.74 Å². The number of benzene rings is 3. The van der Waals surface area contributed by atoms with Crippen molar-refractivity contribution in [2.24, 2.45) is 0 Å². The van der Waals surface area contributed by atoms with E-state index in [-0.39, 0.29) is 51.4 Å². The second kappa shape index (κ2) is 9.79. The van der Waals surface area contributed by atoms with E-state index in [1.807, 2.05) is 0 Å². The molecule has 4 rings (SSSR count). The number of ether oxygens (including phenoxy) is 2. The zero-order valence-corrected chi connectivity index (χ0v) is 19.7. The number of sulfonamides is 1. The second-order valence-corrected chi connectivity index (χ2v) is 9.79. The normalized spacial score (nSPS) is 14.0. The Balaban J connectivity index is 1.79. The number of allylic oxidation sites excluding steroid dienone is 1. The summed E-state index contributed by atoms with van der Waals surface area (Å²) in [6.45, 7) is -1.88. The third-order valence-electron chi connectivity index (χ3n) is 5.26. The Morgan fingerprint density at radius 1 is 1.14 bits per heavy atom. The third-order valence-corrected chi connectivity index (χ3v) is 7.37. The van der Waals surface area contributed by atoms with Crippen LogP contribution in [0.3, 0.4) is 0 Å². The molecule has 0 atom stereocenters. The van der Waals surface area contributed by atoms with E-state index < -0.39 is 28.3 Å². The Labute approximate surface area is 204 Å². The highest BCUT2D eigenvalue weighted by Crippen LogP contribution is 2.40. The van der Waals surface area contributed by atoms with Crippen LogP contribution in [0.4, 0.5) is 23.2 Å². The van der Waals surface area contributed by atoms with Gasteiger partial charge < -0.3 is 9.47 Å². The van der Waals surface area contributed by atoms with E-state index >= 15 is 4.39 Å². The van der Waals surface area contributed by atoms with Gasteiger partial charge in [0, 0.05) is 17.2 Å². The predicted molar refractivity (Wildman–Crippen MR) is 124 cm³/mol. The highest BCUT2D eigenvalue weighted by molar-refractivity contribution is 7.92. The van der Waals surface area contributed by atoms with Crippen LogP contribution in [-0.2, 0) is 10.0 Å². The van der Waals surface area contributed by atoms with Gasteiger partial charge in [-0.05, 0) is 55.0 Å². The van der Waals surface area contributed by atoms with Gasteiger partial charge in [-0.25, -0.2) is 17.2 Å². The van der Waals surface area contributed by atoms with Crippen molar-refractivity contribution in [1.29, 1.82) is 0 Å². The first-order valence-electron chi connectivity index (χ1n) is 10.2. The van der Waals surface area contributed by atoms with Crippen LogP contribution < -0.4 is 13.8 Å². The van der Waals surface area contributed by atoms with Crippen LogP contribution in [0.25, 0.3) is 11.6 Å². The van der Waals surface area contributed by atoms with Gasteiger partial charge in [-0.2, -0.15) is 8.78 Å². The van der Waals surface area contributed by atoms with Crippen molar-refractivity contribution in [3.63, 3.8) is 0 Å². The fraction of sp³-hybridized carbons (Fsp3) is 0.167. The molecule has 0 unspecified atom stereocenters. The summed E-state index contributed by atoms with van der Waals surface area (Å²) in [6.07, 6.45) is 1.34. The van der Waals surface area contributed by atoms with Gasteiger partial charge in [0.1, 0.15) is 29.6 Å². The van der Waals surface area contributed by atoms with Crippen LogP contribution in [-0.4, -0.2) is 28.2 Å². The lowest BCUT2D eigenvalue weighted by Gasteiger charge is -2.31. The molecule has 0 fully saturated rings. The molecule has 184 valence electrons. The number of nitrogens with zero attached hydrogens (tertiary/aromatic N) is 1. The molecule has 3 aromatic carbocycles. The average Bonchev–Trinajstić information content (AvgIpc) is 2.80. The van der Waals surface area contributed by atoms with Crippen LogP contribution >= 0.6 is 11.6 Å². The maximum absolute atomic E-state index is 15.7. The van der Waals surface area contributed by atoms with Crippen molar-refractivity contribution >= 4 is 39.0 Å². The summed E-state index contributed by atoms with van der Waals surface area (Å²) >= 11 is 6.10. The lowest BCUT2D eigenvalue weighted by Crippen LogP contribution is -2.38. The molecule has 0 aliphatic carbocycles. The molecule has 0 aromatic heterocycles. The van der Waals surface area contributed by atoms with E-state index in [1.54, 1.807) is 6.92 Å². The highest BCUT2D eigenvalue weighted by atomic mass is 35.5. The fourth-order valence-electron chi connectivity index (χ4n) is 3.73. The molecular formula is C24H18ClF4NO4S. The smallest absolute Gasteiger partial charge is 0.387 e. The molecule has 5 nitrogen and oxygen atoms in total. The van der Waals surface area contributed by atoms with Crippen LogP contribution in [0.2, 0.25) is 5.02 Å². The Kier molecular flexibility index (Phi) is 6.95. The number of hydrogen-bond acceptors (Lipinski definition) is 4. The average molecular weight is 528 g/mol. The minimum atomic E-state index is -4.38. The maximum atomic E-state index is 15.7. The summed E-state index contributed by atoms with van der Waals surface area (Å²) in [5, 5.41) is 0.135. The summed E-state index contributed by atoms with van der Waals surface area (Å²) in [7, 11) is -4.38. The van der Waals surface area contributed by atoms with Crippen LogP contribution in [0, 0.1) is 11.6 Å². The van der Waals surface area contributed by atoms with Crippen molar-refractivity contribution in [3.05, 3.63) is 82.4 Å². The molecule has 0 amide bonds. The zero-order valence-electron chi connectivity index (χ0n) is 18.1. The molecule has 0 radical (unpaired) electrons. The molecular weight excluding hydrogens is 510 g/mol. The van der Waals surface area contributed by atoms with Crippen LogP contribution in [0.15, 0.2) is 59.5 Å². The first-order valence-corrected chi connectivity index (χ1v) is 12.1. The predicted octanol–water partition coefficient (Wildman–Crippen LogP) is 6.37. The van der Waals surface area contributed by atoms with Crippen LogP contribution in [0.1, 0.15) is 18.1 Å². The Bertz CT molecular complexity index is 1390. The molecule has 1 aliphatic rings. The minimum Gasteiger partial charge on any atom is -0.489 e. The zero-order chi connectivity index (χ0) is 25.3. The van der Waals surface area contributed by atoms with Crippen molar-refractivity contribution < 1.29 is 35.5 Å². The summed E-state index contributed by atoms with van der Waals surface area (Å²) in [4.78, 5) is -0.363. The first-order chi connectivity index (χ1) is 16.6. The Morgan fingerprint density at radius 2 is 1.89 bits per heavy atom. The van der Waals surface area contributed by atoms with Gasteiger partial charge in [0.25, 0.3) is 10.0 Å². The van der Waals surface area contributed by atoms with E-state index in [0.717, 1.165) is 10.4 Å². The van der Waals surface area contributed by atoms with Crippen molar-refractivity contribution in [2.75, 3.05) is 17.5 Å². The number of hydrogen-bond donors (Lipinski definition) is 0. The molecule has 11 heteroatoms. The van der Waals surface area contributed by atoms with E-state index in [4.69, 9.17) is 16.3 Å². The van der Waals surface area contributed by atoms with Gasteiger partial charge in [-0.1, -0.05) is 23.7 Å². The molecule has 0 spiro atoms. The number of anilines is 1. The van der Waals surface area contributed by atoms with Gasteiger partial charge in [0.05, 0.1) is 16.5 Å². The lowest BCUT2D eigenvalue weighted by molar-refractivity contribution is -0.0499. The molecule has 0 saturated heterocycles. The summed E-state index contributed by atoms with van der Waals surface area (Å²) in [5.41, 5.74) is 0.0245. The largest absolute Gasteiger partial charge is 0.489 e. The molecule has 0 bridgehead atoms. The standard InChI is InChI=1S/C24H18ClF4NO4S/c1-14(21-18(25)6-3-7-19(21)26)12-15-8-9-20-23(22(15)27)30(10-11-33-20)35(31,32)17-5-2-4-16(13-17)34-24(28)29/h2-9,12-13,24H,10-11H2,1H3/b14-12+. The number of fused-ring (bicyclic) bond motifs is 1. The number of alkyl halides is 2. The van der Waals surface area contributed by atoms with Gasteiger partial charge in [0.15, 0.2) is 5.82 Å². The lowest BCUT2D eigenvalue weighted by atomic mass is 10.0. The molecule has 1 aliphatic heterocycles. The summed E-state index contributed by atoms with van der Waals surface area (Å²) in [5.74, 6) is -1.89. The summed E-state index contributed by atoms with van der Waals surface area (Å²) in [6, 6.07) is 11.5. The van der Waals surface area contributed by atoms with Crippen molar-refractivity contribution in [1.82, 2.24) is 0 Å². The quantitative estimate of drug-likeness (QED) is 0.276. The third kappa shape index (κ3) is 4.94. The number of rotatable bonds is 6. The summed E-state index contributed by atoms with van der Waals surface area (Å²) < 4.78 is 92.5. The first kappa shape index (κ1) is 24.9. The van der Waals surface area contributed by atoms with Gasteiger partial charge in [-0.15, -0.1) is 0 Å². The second-order valence-electron chi connectivity index (χ2n) is 7.52. The fourth-order valence-corrected chi connectivity index (χ4v) is 5.54. The molecule has 0 saturated carbocycles. The van der Waals surface area contributed by atoms with Gasteiger partial charge >= 0.3 is 6.61 Å². The Morgan fingerprint density at radius 3 is 2.60 bits per heavy atom. The van der Waals surface area contributed by atoms with Gasteiger partial charge in [-0.3, -0.25) is 4.31 Å². The molecule has 1 heterocycles. The molecule has 35 heavy (non-hydrogen) atoms. The molecule has 3 aromatic rings. The maximum Gasteiger partial charge on any atom is 0.387 e. The minimum absolute atomic E-state index is 0.0176. The monoisotopic (exact) mass is 527 g/mol. The highest BCUT2D eigenvalue weighted by Gasteiger charge is 2.34. The Hall–Kier alpha value is -3.24. The van der Waals surface area contributed by atoms with Crippen molar-refractivity contribution in [3.8, 4) is 11.5 Å². The van der Waals surface area contributed by atoms with Gasteiger partial charge in [0.2, 0.25) is 0 Å². The SMILES string of the molecule is C/C(=C\c1ccc2c(c1F)N(S(=O)(=O)c1cccc(OC(F)F)c1)CCO2)c1c(F)cccc1Cl. The molecule has 0 N–H and O–H groups in total.